The zero-order valence-corrected chi connectivity index (χ0v) is 14.6. The predicted octanol–water partition coefficient (Wildman–Crippen LogP) is 2.41. The Hall–Kier alpha value is -0.680. The summed E-state index contributed by atoms with van der Waals surface area (Å²) >= 11 is 0. The average Bonchev–Trinajstić information content (AvgIpc) is 2.49. The first-order chi connectivity index (χ1) is 10.0. The Kier molecular flexibility index (Phi) is 11.5. The van der Waals surface area contributed by atoms with Gasteiger partial charge in [0.1, 0.15) is 19.8 Å². The van der Waals surface area contributed by atoms with Crippen molar-refractivity contribution in [3.8, 4) is 0 Å². The third kappa shape index (κ3) is 9.04. The lowest BCUT2D eigenvalue weighted by Gasteiger charge is -2.35. The molecule has 0 heterocycles. The molecule has 124 valence electrons. The van der Waals surface area contributed by atoms with Crippen molar-refractivity contribution in [2.75, 3.05) is 46.0 Å². The van der Waals surface area contributed by atoms with Crippen molar-refractivity contribution < 1.29 is 27.6 Å². The zero-order valence-electron chi connectivity index (χ0n) is 13.6. The first-order valence-corrected chi connectivity index (χ1v) is 8.70. The number of esters is 1. The number of likely N-dealkylation sites (N-methyl/N-ethyl adjacent to an activating group) is 1. The summed E-state index contributed by atoms with van der Waals surface area (Å²) in [5.74, 6) is -0.433. The molecule has 0 amide bonds. The van der Waals surface area contributed by atoms with Gasteiger partial charge < -0.3 is 18.3 Å². The molecule has 0 aromatic heterocycles. The van der Waals surface area contributed by atoms with Gasteiger partial charge in [-0.2, -0.15) is 0 Å². The van der Waals surface area contributed by atoms with Gasteiger partial charge in [0.25, 0.3) is 0 Å². The van der Waals surface area contributed by atoms with Crippen LogP contribution in [0.1, 0.15) is 27.7 Å². The highest BCUT2D eigenvalue weighted by atomic mass is 31.1. The molecule has 7 heteroatoms. The number of carbonyl (C=O) groups excluding carboxylic acids is 1. The molecule has 0 saturated heterocycles. The molecule has 1 atom stereocenters. The molecule has 0 N–H and O–H groups in total. The highest BCUT2D eigenvalue weighted by Gasteiger charge is 2.20. The monoisotopic (exact) mass is 322 g/mol. The van der Waals surface area contributed by atoms with Gasteiger partial charge >= 0.3 is 14.2 Å². The molecule has 0 aliphatic rings. The van der Waals surface area contributed by atoms with Crippen LogP contribution in [-0.4, -0.2) is 56.5 Å². The standard InChI is InChI=1S/C14H29NO5P/c1-5-9-14(16)18-12-13-20-21(17)19-11-10-15(6-2,7-3)8-4/h5,9,21H,6-8,10-13H2,1-4H3/q+1. The molecule has 0 radical (unpaired) electrons. The summed E-state index contributed by atoms with van der Waals surface area (Å²) in [5, 5.41) is 0. The second-order valence-corrected chi connectivity index (χ2v) is 5.71. The van der Waals surface area contributed by atoms with Crippen LogP contribution in [0.3, 0.4) is 0 Å². The fourth-order valence-corrected chi connectivity index (χ4v) is 2.55. The molecule has 6 nitrogen and oxygen atoms in total. The molecule has 0 saturated carbocycles. The van der Waals surface area contributed by atoms with Crippen LogP contribution in [0.2, 0.25) is 0 Å². The van der Waals surface area contributed by atoms with E-state index in [9.17, 15) is 9.36 Å². The van der Waals surface area contributed by atoms with Gasteiger partial charge in [0, 0.05) is 6.08 Å². The van der Waals surface area contributed by atoms with Crippen molar-refractivity contribution in [1.82, 2.24) is 0 Å². The summed E-state index contributed by atoms with van der Waals surface area (Å²) in [6, 6.07) is 0. The van der Waals surface area contributed by atoms with Gasteiger partial charge in [-0.3, -0.25) is 4.57 Å². The van der Waals surface area contributed by atoms with Gasteiger partial charge in [0.05, 0.1) is 26.2 Å². The molecule has 1 unspecified atom stereocenters. The number of carbonyl (C=O) groups is 1. The van der Waals surface area contributed by atoms with Gasteiger partial charge in [-0.1, -0.05) is 6.08 Å². The molecular weight excluding hydrogens is 293 g/mol. The van der Waals surface area contributed by atoms with Crippen molar-refractivity contribution >= 4 is 14.2 Å². The van der Waals surface area contributed by atoms with Crippen LogP contribution in [0.25, 0.3) is 0 Å². The predicted molar refractivity (Wildman–Crippen MR) is 83.4 cm³/mol. The lowest BCUT2D eigenvalue weighted by molar-refractivity contribution is -0.923. The van der Waals surface area contributed by atoms with Crippen molar-refractivity contribution in [1.29, 1.82) is 0 Å². The molecule has 0 aliphatic heterocycles. The normalized spacial score (nSPS) is 13.5. The average molecular weight is 322 g/mol. The number of ether oxygens (including phenoxy) is 1. The van der Waals surface area contributed by atoms with Crippen LogP contribution in [0.4, 0.5) is 0 Å². The van der Waals surface area contributed by atoms with Crippen molar-refractivity contribution in [3.05, 3.63) is 12.2 Å². The number of nitrogens with zero attached hydrogens (tertiary/aromatic N) is 1. The van der Waals surface area contributed by atoms with Gasteiger partial charge in [-0.25, -0.2) is 4.79 Å². The van der Waals surface area contributed by atoms with E-state index in [2.05, 4.69) is 20.8 Å². The number of allylic oxidation sites excluding steroid dienone is 1. The molecule has 0 fully saturated rings. The molecule has 0 aliphatic carbocycles. The molecule has 0 rings (SSSR count). The Morgan fingerprint density at radius 3 is 2.14 bits per heavy atom. The topological polar surface area (TPSA) is 61.8 Å². The Balaban J connectivity index is 3.79. The molecule has 21 heavy (non-hydrogen) atoms. The van der Waals surface area contributed by atoms with Gasteiger partial charge in [-0.05, 0) is 27.7 Å². The quantitative estimate of drug-likeness (QED) is 0.181. The van der Waals surface area contributed by atoms with E-state index in [1.54, 1.807) is 13.0 Å². The van der Waals surface area contributed by atoms with Crippen LogP contribution in [-0.2, 0) is 23.1 Å². The van der Waals surface area contributed by atoms with E-state index < -0.39 is 14.2 Å². The van der Waals surface area contributed by atoms with E-state index >= 15 is 0 Å². The summed E-state index contributed by atoms with van der Waals surface area (Å²) in [6.07, 6.45) is 2.91. The van der Waals surface area contributed by atoms with Crippen LogP contribution < -0.4 is 0 Å². The first kappa shape index (κ1) is 20.3. The molecule has 0 aromatic carbocycles. The Morgan fingerprint density at radius 1 is 1.05 bits per heavy atom. The van der Waals surface area contributed by atoms with Crippen LogP contribution in [0, 0.1) is 0 Å². The highest BCUT2D eigenvalue weighted by molar-refractivity contribution is 7.33. The number of rotatable bonds is 12. The van der Waals surface area contributed by atoms with Crippen LogP contribution in [0.15, 0.2) is 12.2 Å². The lowest BCUT2D eigenvalue weighted by Crippen LogP contribution is -2.49. The third-order valence-electron chi connectivity index (χ3n) is 3.65. The van der Waals surface area contributed by atoms with E-state index in [0.717, 1.165) is 30.7 Å². The van der Waals surface area contributed by atoms with E-state index in [1.165, 1.54) is 6.08 Å². The molecule has 0 bridgehead atoms. The van der Waals surface area contributed by atoms with E-state index in [4.69, 9.17) is 13.8 Å². The second-order valence-electron chi connectivity index (χ2n) is 4.63. The summed E-state index contributed by atoms with van der Waals surface area (Å²) in [6.45, 7) is 12.6. The maximum atomic E-state index is 11.5. The van der Waals surface area contributed by atoms with E-state index in [0.29, 0.717) is 6.61 Å². The number of hydrogen-bond acceptors (Lipinski definition) is 5. The first-order valence-electron chi connectivity index (χ1n) is 7.47. The van der Waals surface area contributed by atoms with Crippen molar-refractivity contribution in [2.45, 2.75) is 27.7 Å². The number of hydrogen-bond donors (Lipinski definition) is 0. The highest BCUT2D eigenvalue weighted by Crippen LogP contribution is 2.23. The lowest BCUT2D eigenvalue weighted by atomic mass is 10.3. The second kappa shape index (κ2) is 11.9. The maximum absolute atomic E-state index is 11.5. The minimum Gasteiger partial charge on any atom is -0.460 e. The third-order valence-corrected chi connectivity index (χ3v) is 4.53. The zero-order chi connectivity index (χ0) is 16.1. The summed E-state index contributed by atoms with van der Waals surface area (Å²) in [4.78, 5) is 11.0. The smallest absolute Gasteiger partial charge is 0.330 e. The Morgan fingerprint density at radius 2 is 1.62 bits per heavy atom. The van der Waals surface area contributed by atoms with E-state index in [-0.39, 0.29) is 13.2 Å². The fourth-order valence-electron chi connectivity index (χ4n) is 1.96. The summed E-state index contributed by atoms with van der Waals surface area (Å²) in [7, 11) is -2.51. The molecular formula is C14H29NO5P+. The SMILES string of the molecule is CC=CC(=O)OCCO[PH](=O)OCC[N+](CC)(CC)CC. The Bertz CT molecular complexity index is 334. The summed E-state index contributed by atoms with van der Waals surface area (Å²) in [5.41, 5.74) is 0. The largest absolute Gasteiger partial charge is 0.460 e. The maximum Gasteiger partial charge on any atom is 0.330 e. The van der Waals surface area contributed by atoms with Crippen LogP contribution in [0.5, 0.6) is 0 Å². The van der Waals surface area contributed by atoms with Crippen LogP contribution >= 0.6 is 8.25 Å². The minimum atomic E-state index is -2.51. The minimum absolute atomic E-state index is 0.0713. The Labute approximate surface area is 128 Å². The van der Waals surface area contributed by atoms with E-state index in [1.807, 2.05) is 0 Å². The number of quaternary nitrogens is 1. The fraction of sp³-hybridized carbons (Fsp3) is 0.786. The summed E-state index contributed by atoms with van der Waals surface area (Å²) < 4.78 is 27.5. The van der Waals surface area contributed by atoms with Gasteiger partial charge in [-0.15, -0.1) is 0 Å². The van der Waals surface area contributed by atoms with Gasteiger partial charge in [0.15, 0.2) is 0 Å². The molecule has 0 spiro atoms. The molecule has 0 aromatic rings. The van der Waals surface area contributed by atoms with Crippen molar-refractivity contribution in [3.63, 3.8) is 0 Å². The van der Waals surface area contributed by atoms with Gasteiger partial charge in [0.2, 0.25) is 0 Å². The van der Waals surface area contributed by atoms with Crippen molar-refractivity contribution in [2.24, 2.45) is 0 Å².